The zero-order valence-electron chi connectivity index (χ0n) is 4.97. The molecular formula is C7H11O. The van der Waals surface area contributed by atoms with Crippen LogP contribution < -0.4 is 0 Å². The van der Waals surface area contributed by atoms with Gasteiger partial charge in [0.25, 0.3) is 0 Å². The van der Waals surface area contributed by atoms with E-state index in [2.05, 4.69) is 6.92 Å². The largest absolute Gasteiger partial charge is 0.369 e. The van der Waals surface area contributed by atoms with Gasteiger partial charge in [0, 0.05) is 0 Å². The van der Waals surface area contributed by atoms with E-state index in [-0.39, 0.29) is 0 Å². The van der Waals surface area contributed by atoms with Crippen LogP contribution in [0.25, 0.3) is 0 Å². The molecule has 3 unspecified atom stereocenters. The summed E-state index contributed by atoms with van der Waals surface area (Å²) in [6.45, 7) is 3.86. The van der Waals surface area contributed by atoms with Gasteiger partial charge in [-0.2, -0.15) is 0 Å². The molecule has 0 spiro atoms. The van der Waals surface area contributed by atoms with Gasteiger partial charge in [0.05, 0.1) is 12.2 Å². The van der Waals surface area contributed by atoms with Crippen molar-refractivity contribution in [1.82, 2.24) is 0 Å². The zero-order chi connectivity index (χ0) is 5.56. The Kier molecular flexibility index (Phi) is 0.884. The number of epoxide rings is 1. The standard InChI is InChI=1S/C7H11O/c1-2-5-3-4-6-7(5)8-6/h5-7H,1-4H2. The van der Waals surface area contributed by atoms with Crippen molar-refractivity contribution >= 4 is 0 Å². The van der Waals surface area contributed by atoms with Crippen LogP contribution in [0.1, 0.15) is 19.3 Å². The molecule has 2 fully saturated rings. The molecule has 0 amide bonds. The van der Waals surface area contributed by atoms with Gasteiger partial charge in [-0.15, -0.1) is 0 Å². The summed E-state index contributed by atoms with van der Waals surface area (Å²) in [6.07, 6.45) is 5.01. The van der Waals surface area contributed by atoms with Crippen LogP contribution in [0.2, 0.25) is 0 Å². The first-order valence-corrected chi connectivity index (χ1v) is 3.36. The van der Waals surface area contributed by atoms with Gasteiger partial charge in [0.1, 0.15) is 0 Å². The van der Waals surface area contributed by atoms with E-state index in [1.807, 2.05) is 0 Å². The summed E-state index contributed by atoms with van der Waals surface area (Å²) in [7, 11) is 0. The number of ether oxygens (including phenoxy) is 1. The van der Waals surface area contributed by atoms with E-state index in [1.165, 1.54) is 12.8 Å². The van der Waals surface area contributed by atoms with Gasteiger partial charge in [-0.3, -0.25) is 0 Å². The second-order valence-electron chi connectivity index (χ2n) is 2.77. The van der Waals surface area contributed by atoms with Gasteiger partial charge in [0.15, 0.2) is 0 Å². The highest BCUT2D eigenvalue weighted by molar-refractivity contribution is 4.97. The Balaban J connectivity index is 1.97. The van der Waals surface area contributed by atoms with Crippen molar-refractivity contribution in [3.63, 3.8) is 0 Å². The second-order valence-corrected chi connectivity index (χ2v) is 2.77. The molecule has 3 atom stereocenters. The van der Waals surface area contributed by atoms with E-state index in [4.69, 9.17) is 4.74 Å². The van der Waals surface area contributed by atoms with E-state index in [1.54, 1.807) is 0 Å². The molecule has 2 aliphatic rings. The predicted molar refractivity (Wildman–Crippen MR) is 31.4 cm³/mol. The first kappa shape index (κ1) is 4.80. The maximum Gasteiger partial charge on any atom is 0.0869 e. The van der Waals surface area contributed by atoms with Gasteiger partial charge in [-0.05, 0) is 25.2 Å². The summed E-state index contributed by atoms with van der Waals surface area (Å²) in [5, 5.41) is 0. The monoisotopic (exact) mass is 111 g/mol. The van der Waals surface area contributed by atoms with Gasteiger partial charge < -0.3 is 4.74 Å². The van der Waals surface area contributed by atoms with Crippen LogP contribution >= 0.6 is 0 Å². The smallest absolute Gasteiger partial charge is 0.0869 e. The zero-order valence-corrected chi connectivity index (χ0v) is 4.97. The fourth-order valence-corrected chi connectivity index (χ4v) is 1.65. The maximum atomic E-state index is 5.32. The summed E-state index contributed by atoms with van der Waals surface area (Å²) in [5.74, 6) is 0.806. The van der Waals surface area contributed by atoms with Crippen LogP contribution in [-0.4, -0.2) is 12.2 Å². The van der Waals surface area contributed by atoms with Gasteiger partial charge >= 0.3 is 0 Å². The lowest BCUT2D eigenvalue weighted by Crippen LogP contribution is -2.00. The normalized spacial score (nSPS) is 51.4. The number of hydrogen-bond donors (Lipinski definition) is 0. The SMILES string of the molecule is [CH2]CC1CCC2OC12. The minimum Gasteiger partial charge on any atom is -0.369 e. The Hall–Kier alpha value is -0.0400. The molecule has 0 aromatic heterocycles. The van der Waals surface area contributed by atoms with E-state index >= 15 is 0 Å². The minimum absolute atomic E-state index is 0.632. The summed E-state index contributed by atoms with van der Waals surface area (Å²) in [4.78, 5) is 0. The van der Waals surface area contributed by atoms with E-state index in [0.717, 1.165) is 12.3 Å². The van der Waals surface area contributed by atoms with Crippen molar-refractivity contribution in [2.24, 2.45) is 5.92 Å². The molecule has 1 aliphatic heterocycles. The number of fused-ring (bicyclic) bond motifs is 1. The van der Waals surface area contributed by atoms with Crippen LogP contribution in [0.3, 0.4) is 0 Å². The lowest BCUT2D eigenvalue weighted by molar-refractivity contribution is 0.266. The van der Waals surface area contributed by atoms with Crippen molar-refractivity contribution in [2.45, 2.75) is 31.5 Å². The van der Waals surface area contributed by atoms with Crippen LogP contribution in [0, 0.1) is 12.8 Å². The van der Waals surface area contributed by atoms with Crippen LogP contribution in [0.5, 0.6) is 0 Å². The molecule has 45 valence electrons. The van der Waals surface area contributed by atoms with Gasteiger partial charge in [-0.25, -0.2) is 0 Å². The molecule has 1 radical (unpaired) electrons. The quantitative estimate of drug-likeness (QED) is 0.466. The fourth-order valence-electron chi connectivity index (χ4n) is 1.65. The molecule has 1 saturated carbocycles. The van der Waals surface area contributed by atoms with Crippen LogP contribution in [-0.2, 0) is 4.74 Å². The number of rotatable bonds is 1. The second kappa shape index (κ2) is 1.47. The molecule has 1 heteroatoms. The predicted octanol–water partition coefficient (Wildman–Crippen LogP) is 1.39. The average molecular weight is 111 g/mol. The van der Waals surface area contributed by atoms with E-state index in [9.17, 15) is 0 Å². The Labute approximate surface area is 50.0 Å². The first-order valence-electron chi connectivity index (χ1n) is 3.36. The van der Waals surface area contributed by atoms with Crippen molar-refractivity contribution in [1.29, 1.82) is 0 Å². The van der Waals surface area contributed by atoms with Crippen molar-refractivity contribution in [2.75, 3.05) is 0 Å². The maximum absolute atomic E-state index is 5.32. The minimum atomic E-state index is 0.632. The summed E-state index contributed by atoms with van der Waals surface area (Å²) in [5.41, 5.74) is 0. The first-order chi connectivity index (χ1) is 3.92. The third-order valence-electron chi connectivity index (χ3n) is 2.28. The molecule has 0 N–H and O–H groups in total. The van der Waals surface area contributed by atoms with Crippen molar-refractivity contribution in [3.05, 3.63) is 6.92 Å². The Morgan fingerprint density at radius 3 is 2.62 bits per heavy atom. The molecule has 8 heavy (non-hydrogen) atoms. The molecule has 1 saturated heterocycles. The topological polar surface area (TPSA) is 12.5 Å². The van der Waals surface area contributed by atoms with Crippen LogP contribution in [0.4, 0.5) is 0 Å². The highest BCUT2D eigenvalue weighted by Gasteiger charge is 2.48. The highest BCUT2D eigenvalue weighted by atomic mass is 16.6. The average Bonchev–Trinajstić information content (AvgIpc) is 2.46. The van der Waals surface area contributed by atoms with Gasteiger partial charge in [0.2, 0.25) is 0 Å². The molecule has 0 aromatic carbocycles. The molecule has 1 nitrogen and oxygen atoms in total. The Morgan fingerprint density at radius 2 is 2.38 bits per heavy atom. The Morgan fingerprint density at radius 1 is 1.50 bits per heavy atom. The molecule has 1 aliphatic carbocycles. The van der Waals surface area contributed by atoms with E-state index in [0.29, 0.717) is 12.2 Å². The van der Waals surface area contributed by atoms with Crippen molar-refractivity contribution in [3.8, 4) is 0 Å². The van der Waals surface area contributed by atoms with Crippen molar-refractivity contribution < 1.29 is 4.74 Å². The molecule has 2 rings (SSSR count). The molecule has 0 bridgehead atoms. The summed E-state index contributed by atoms with van der Waals surface area (Å²) < 4.78 is 5.32. The molecule has 1 heterocycles. The number of hydrogen-bond acceptors (Lipinski definition) is 1. The Bertz CT molecular complexity index is 101. The highest BCUT2D eigenvalue weighted by Crippen LogP contribution is 2.44. The van der Waals surface area contributed by atoms with Gasteiger partial charge in [-0.1, -0.05) is 6.92 Å². The lowest BCUT2D eigenvalue weighted by atomic mass is 10.1. The third kappa shape index (κ3) is 0.510. The van der Waals surface area contributed by atoms with E-state index < -0.39 is 0 Å². The molecular weight excluding hydrogens is 100 g/mol. The van der Waals surface area contributed by atoms with Crippen LogP contribution in [0.15, 0.2) is 0 Å². The third-order valence-corrected chi connectivity index (χ3v) is 2.28. The fraction of sp³-hybridized carbons (Fsp3) is 0.857. The lowest BCUT2D eigenvalue weighted by Gasteiger charge is -2.03. The summed E-state index contributed by atoms with van der Waals surface area (Å²) in [6, 6.07) is 0. The summed E-state index contributed by atoms with van der Waals surface area (Å²) >= 11 is 0. The molecule has 0 aromatic rings.